The summed E-state index contributed by atoms with van der Waals surface area (Å²) in [5.41, 5.74) is 6.95. The molecule has 5 N–H and O–H groups in total. The van der Waals surface area contributed by atoms with Gasteiger partial charge in [-0.05, 0) is 64.2 Å². The van der Waals surface area contributed by atoms with E-state index in [1.54, 1.807) is 32.2 Å². The maximum absolute atomic E-state index is 13.4. The molecule has 1 heterocycles. The SMILES string of the molecule is CC(C)NS(=O)(=O)c1cc(NC(=O)N[C@H](C)c2ccccc2)ccc1-c1cnc(C2CCC(OC(N)=O)CC2)s1. The lowest BCUT2D eigenvalue weighted by molar-refractivity contribution is 0.0787. The van der Waals surface area contributed by atoms with Gasteiger partial charge in [0.25, 0.3) is 0 Å². The number of hydrogen-bond donors (Lipinski definition) is 4. The van der Waals surface area contributed by atoms with Crippen molar-refractivity contribution in [1.82, 2.24) is 15.0 Å². The number of thiazole rings is 1. The predicted octanol–water partition coefficient (Wildman–Crippen LogP) is 5.50. The van der Waals surface area contributed by atoms with Crippen molar-refractivity contribution in [3.05, 3.63) is 65.3 Å². The van der Waals surface area contributed by atoms with Crippen LogP contribution in [-0.2, 0) is 14.8 Å². The average molecular weight is 586 g/mol. The van der Waals surface area contributed by atoms with E-state index in [1.807, 2.05) is 37.3 Å². The molecule has 0 spiro atoms. The monoisotopic (exact) mass is 585 g/mol. The van der Waals surface area contributed by atoms with E-state index in [-0.39, 0.29) is 29.0 Å². The number of rotatable bonds is 9. The standard InChI is InChI=1S/C28H35N5O5S2/c1-17(2)33-40(36,37)25-15-21(32-28(35)31-18(3)19-7-5-4-6-8-19)11-14-23(25)24-16-30-26(39-24)20-9-12-22(13-10-20)38-27(29)34/h4-8,11,14-18,20,22,33H,9-10,12-13H2,1-3H3,(H2,29,34)(H2,31,32,35)/t18-,20?,22?/m1/s1. The van der Waals surface area contributed by atoms with Gasteiger partial charge in [-0.15, -0.1) is 11.3 Å². The number of hydrogen-bond acceptors (Lipinski definition) is 7. The first kappa shape index (κ1) is 29.5. The zero-order valence-electron chi connectivity index (χ0n) is 22.7. The fourth-order valence-electron chi connectivity index (χ4n) is 4.78. The van der Waals surface area contributed by atoms with Crippen molar-refractivity contribution >= 4 is 39.2 Å². The van der Waals surface area contributed by atoms with Crippen molar-refractivity contribution < 1.29 is 22.7 Å². The van der Waals surface area contributed by atoms with Gasteiger partial charge in [-0.2, -0.15) is 0 Å². The number of benzene rings is 2. The number of nitrogens with zero attached hydrogens (tertiary/aromatic N) is 1. The van der Waals surface area contributed by atoms with Gasteiger partial charge >= 0.3 is 12.1 Å². The Morgan fingerprint density at radius 2 is 1.75 bits per heavy atom. The molecule has 10 nitrogen and oxygen atoms in total. The van der Waals surface area contributed by atoms with Crippen LogP contribution in [0.2, 0.25) is 0 Å². The summed E-state index contributed by atoms with van der Waals surface area (Å²) in [7, 11) is -3.90. The van der Waals surface area contributed by atoms with Crippen LogP contribution in [0.25, 0.3) is 10.4 Å². The van der Waals surface area contributed by atoms with Gasteiger partial charge in [0.1, 0.15) is 6.10 Å². The average Bonchev–Trinajstić information content (AvgIpc) is 3.39. The van der Waals surface area contributed by atoms with Crippen LogP contribution in [-0.4, -0.2) is 37.7 Å². The number of nitrogens with two attached hydrogens (primary N) is 1. The van der Waals surface area contributed by atoms with Crippen molar-refractivity contribution in [1.29, 1.82) is 0 Å². The molecule has 3 amide bonds. The summed E-state index contributed by atoms with van der Waals surface area (Å²) in [5, 5.41) is 6.55. The molecule has 0 aliphatic heterocycles. The smallest absolute Gasteiger partial charge is 0.404 e. The van der Waals surface area contributed by atoms with E-state index in [1.165, 1.54) is 17.4 Å². The first-order chi connectivity index (χ1) is 19.0. The third-order valence-electron chi connectivity index (χ3n) is 6.66. The number of carbonyl (C=O) groups excluding carboxylic acids is 2. The minimum atomic E-state index is -3.90. The third kappa shape index (κ3) is 7.58. The van der Waals surface area contributed by atoms with Crippen molar-refractivity contribution in [3.63, 3.8) is 0 Å². The molecule has 1 aliphatic carbocycles. The number of anilines is 1. The number of ether oxygens (including phenoxy) is 1. The normalized spacial score (nSPS) is 18.2. The number of aromatic nitrogens is 1. The first-order valence-electron chi connectivity index (χ1n) is 13.2. The summed E-state index contributed by atoms with van der Waals surface area (Å²) in [6.07, 6.45) is 3.74. The predicted molar refractivity (Wildman–Crippen MR) is 156 cm³/mol. The summed E-state index contributed by atoms with van der Waals surface area (Å²) in [4.78, 5) is 29.2. The van der Waals surface area contributed by atoms with Gasteiger partial charge in [-0.3, -0.25) is 0 Å². The van der Waals surface area contributed by atoms with Gasteiger partial charge in [-0.1, -0.05) is 36.4 Å². The minimum Gasteiger partial charge on any atom is -0.446 e. The van der Waals surface area contributed by atoms with E-state index in [2.05, 4.69) is 20.3 Å². The van der Waals surface area contributed by atoms with Crippen LogP contribution in [0, 0.1) is 0 Å². The summed E-state index contributed by atoms with van der Waals surface area (Å²) < 4.78 is 34.5. The first-order valence-corrected chi connectivity index (χ1v) is 15.5. The zero-order valence-corrected chi connectivity index (χ0v) is 24.3. The number of primary amides is 1. The van der Waals surface area contributed by atoms with Gasteiger partial charge in [0.2, 0.25) is 10.0 Å². The third-order valence-corrected chi connectivity index (χ3v) is 9.55. The Hall–Kier alpha value is -3.48. The second kappa shape index (κ2) is 12.8. The number of urea groups is 1. The molecule has 1 aromatic heterocycles. The highest BCUT2D eigenvalue weighted by Crippen LogP contribution is 2.40. The van der Waals surface area contributed by atoms with Crippen molar-refractivity contribution in [3.8, 4) is 10.4 Å². The number of sulfonamides is 1. The van der Waals surface area contributed by atoms with Gasteiger partial charge in [0, 0.05) is 29.4 Å². The number of amides is 3. The van der Waals surface area contributed by atoms with Crippen LogP contribution in [0.1, 0.15) is 69.0 Å². The molecule has 3 aromatic rings. The quantitative estimate of drug-likeness (QED) is 0.260. The van der Waals surface area contributed by atoms with E-state index in [0.717, 1.165) is 23.4 Å². The Morgan fingerprint density at radius 1 is 1.05 bits per heavy atom. The van der Waals surface area contributed by atoms with Crippen molar-refractivity contribution in [2.24, 2.45) is 5.73 Å². The summed E-state index contributed by atoms with van der Waals surface area (Å²) >= 11 is 1.45. The molecule has 1 saturated carbocycles. The van der Waals surface area contributed by atoms with Gasteiger partial charge in [-0.25, -0.2) is 27.7 Å². The summed E-state index contributed by atoms with van der Waals surface area (Å²) in [6, 6.07) is 13.4. The van der Waals surface area contributed by atoms with Crippen LogP contribution < -0.4 is 21.1 Å². The highest BCUT2D eigenvalue weighted by Gasteiger charge is 2.28. The molecule has 40 heavy (non-hydrogen) atoms. The van der Waals surface area contributed by atoms with E-state index >= 15 is 0 Å². The molecule has 4 rings (SSSR count). The van der Waals surface area contributed by atoms with E-state index in [4.69, 9.17) is 10.5 Å². The molecule has 1 atom stereocenters. The fraction of sp³-hybridized carbons (Fsp3) is 0.393. The molecular weight excluding hydrogens is 550 g/mol. The highest BCUT2D eigenvalue weighted by atomic mass is 32.2. The van der Waals surface area contributed by atoms with Crippen molar-refractivity contribution in [2.45, 2.75) is 75.5 Å². The molecule has 1 aliphatic rings. The lowest BCUT2D eigenvalue weighted by atomic mass is 9.88. The summed E-state index contributed by atoms with van der Waals surface area (Å²) in [6.45, 7) is 5.38. The Balaban J connectivity index is 1.55. The van der Waals surface area contributed by atoms with E-state index in [0.29, 0.717) is 29.0 Å². The van der Waals surface area contributed by atoms with Crippen LogP contribution in [0.15, 0.2) is 59.6 Å². The highest BCUT2D eigenvalue weighted by molar-refractivity contribution is 7.89. The van der Waals surface area contributed by atoms with E-state index in [9.17, 15) is 18.0 Å². The molecule has 0 saturated heterocycles. The maximum atomic E-state index is 13.4. The van der Waals surface area contributed by atoms with Gasteiger partial charge in [0.15, 0.2) is 0 Å². The van der Waals surface area contributed by atoms with E-state index < -0.39 is 22.1 Å². The molecule has 0 bridgehead atoms. The second-order valence-electron chi connectivity index (χ2n) is 10.2. The minimum absolute atomic E-state index is 0.0591. The van der Waals surface area contributed by atoms with Crippen LogP contribution >= 0.6 is 11.3 Å². The van der Waals surface area contributed by atoms with Crippen LogP contribution in [0.3, 0.4) is 0 Å². The lowest BCUT2D eigenvalue weighted by Gasteiger charge is -2.26. The zero-order chi connectivity index (χ0) is 28.9. The summed E-state index contributed by atoms with van der Waals surface area (Å²) in [5.74, 6) is 0.191. The molecule has 214 valence electrons. The molecule has 0 radical (unpaired) electrons. The lowest BCUT2D eigenvalue weighted by Crippen LogP contribution is -2.32. The molecular formula is C28H35N5O5S2. The Labute approximate surface area is 238 Å². The Kier molecular flexibility index (Phi) is 9.44. The topological polar surface area (TPSA) is 153 Å². The van der Waals surface area contributed by atoms with Crippen LogP contribution in [0.4, 0.5) is 15.3 Å². The Morgan fingerprint density at radius 3 is 2.40 bits per heavy atom. The second-order valence-corrected chi connectivity index (χ2v) is 12.9. The van der Waals surface area contributed by atoms with Gasteiger partial charge in [0.05, 0.1) is 20.8 Å². The Bertz CT molecular complexity index is 1430. The molecule has 2 aromatic carbocycles. The van der Waals surface area contributed by atoms with Crippen molar-refractivity contribution in [2.75, 3.05) is 5.32 Å². The fourth-order valence-corrected chi connectivity index (χ4v) is 7.47. The molecule has 12 heteroatoms. The molecule has 0 unspecified atom stereocenters. The number of nitrogens with one attached hydrogen (secondary N) is 3. The maximum Gasteiger partial charge on any atom is 0.404 e. The molecule has 1 fully saturated rings. The van der Waals surface area contributed by atoms with Crippen LogP contribution in [0.5, 0.6) is 0 Å². The number of carbonyl (C=O) groups is 2. The van der Waals surface area contributed by atoms with Gasteiger partial charge < -0.3 is 21.1 Å². The largest absolute Gasteiger partial charge is 0.446 e.